The molecule has 3 heteroatoms. The van der Waals surface area contributed by atoms with E-state index in [0.717, 1.165) is 21.4 Å². The van der Waals surface area contributed by atoms with Crippen LogP contribution >= 0.6 is 22.9 Å². The van der Waals surface area contributed by atoms with E-state index in [4.69, 9.17) is 11.6 Å². The lowest BCUT2D eigenvalue weighted by atomic mass is 10.2. The van der Waals surface area contributed by atoms with Crippen molar-refractivity contribution >= 4 is 33.0 Å². The molecule has 0 saturated heterocycles. The van der Waals surface area contributed by atoms with E-state index in [1.807, 2.05) is 25.1 Å². The molecule has 1 N–H and O–H groups in total. The van der Waals surface area contributed by atoms with E-state index in [1.54, 1.807) is 11.3 Å². The molecule has 0 fully saturated rings. The Balaban J connectivity index is 2.77. The van der Waals surface area contributed by atoms with Crippen molar-refractivity contribution < 1.29 is 5.11 Å². The van der Waals surface area contributed by atoms with Gasteiger partial charge in [-0.3, -0.25) is 0 Å². The second kappa shape index (κ2) is 3.20. The highest BCUT2D eigenvalue weighted by atomic mass is 35.5. The smallest absolute Gasteiger partial charge is 0.137 e. The van der Waals surface area contributed by atoms with Gasteiger partial charge in [-0.05, 0) is 24.6 Å². The molecule has 2 aromatic rings. The summed E-state index contributed by atoms with van der Waals surface area (Å²) in [6.07, 6.45) is 0.864. The van der Waals surface area contributed by atoms with Gasteiger partial charge in [0, 0.05) is 20.0 Å². The van der Waals surface area contributed by atoms with Crippen molar-refractivity contribution in [3.05, 3.63) is 28.1 Å². The lowest BCUT2D eigenvalue weighted by Gasteiger charge is -1.92. The Bertz CT molecular complexity index is 447. The lowest BCUT2D eigenvalue weighted by Crippen LogP contribution is -1.70. The predicted molar refractivity (Wildman–Crippen MR) is 57.9 cm³/mol. The fourth-order valence-corrected chi connectivity index (χ4v) is 2.54. The van der Waals surface area contributed by atoms with Crippen molar-refractivity contribution in [1.29, 1.82) is 0 Å². The fourth-order valence-electron chi connectivity index (χ4n) is 1.35. The molecule has 0 amide bonds. The summed E-state index contributed by atoms with van der Waals surface area (Å²) in [6, 6.07) is 5.60. The predicted octanol–water partition coefficient (Wildman–Crippen LogP) is 3.82. The van der Waals surface area contributed by atoms with Gasteiger partial charge in [0.25, 0.3) is 0 Å². The molecule has 0 bridgehead atoms. The average Bonchev–Trinajstić information content (AvgIpc) is 2.44. The van der Waals surface area contributed by atoms with Gasteiger partial charge in [-0.2, -0.15) is 0 Å². The van der Waals surface area contributed by atoms with Crippen molar-refractivity contribution in [2.45, 2.75) is 13.3 Å². The van der Waals surface area contributed by atoms with Crippen molar-refractivity contribution in [3.8, 4) is 5.75 Å². The highest BCUT2D eigenvalue weighted by Crippen LogP contribution is 2.38. The Morgan fingerprint density at radius 1 is 1.46 bits per heavy atom. The monoisotopic (exact) mass is 212 g/mol. The van der Waals surface area contributed by atoms with Crippen LogP contribution in [0.15, 0.2) is 18.2 Å². The molecule has 1 heterocycles. The van der Waals surface area contributed by atoms with E-state index in [9.17, 15) is 5.11 Å². The Morgan fingerprint density at radius 2 is 2.23 bits per heavy atom. The van der Waals surface area contributed by atoms with Gasteiger partial charge < -0.3 is 5.11 Å². The molecule has 1 nitrogen and oxygen atoms in total. The zero-order valence-corrected chi connectivity index (χ0v) is 8.75. The quantitative estimate of drug-likeness (QED) is 0.762. The second-order valence-electron chi connectivity index (χ2n) is 2.87. The van der Waals surface area contributed by atoms with Crippen LogP contribution in [0.25, 0.3) is 10.1 Å². The first kappa shape index (κ1) is 8.85. The highest BCUT2D eigenvalue weighted by molar-refractivity contribution is 7.19. The number of aromatic hydroxyl groups is 1. The number of fused-ring (bicyclic) bond motifs is 1. The molecule has 0 aliphatic carbocycles. The standard InChI is InChI=1S/C10H9ClOS/c1-2-8-10(12)7-5-6(11)3-4-9(7)13-8/h3-5,12H,2H2,1H3. The summed E-state index contributed by atoms with van der Waals surface area (Å²) in [5.41, 5.74) is 0. The summed E-state index contributed by atoms with van der Waals surface area (Å²) < 4.78 is 1.10. The van der Waals surface area contributed by atoms with Gasteiger partial charge in [0.1, 0.15) is 5.75 Å². The zero-order valence-electron chi connectivity index (χ0n) is 7.17. The van der Waals surface area contributed by atoms with E-state index >= 15 is 0 Å². The van der Waals surface area contributed by atoms with Gasteiger partial charge >= 0.3 is 0 Å². The fraction of sp³-hybridized carbons (Fsp3) is 0.200. The summed E-state index contributed by atoms with van der Waals surface area (Å²) in [7, 11) is 0. The summed E-state index contributed by atoms with van der Waals surface area (Å²) in [4.78, 5) is 1.03. The van der Waals surface area contributed by atoms with Gasteiger partial charge in [-0.25, -0.2) is 0 Å². The van der Waals surface area contributed by atoms with Gasteiger partial charge in [-0.15, -0.1) is 11.3 Å². The molecule has 1 aromatic heterocycles. The van der Waals surface area contributed by atoms with Gasteiger partial charge in [0.05, 0.1) is 0 Å². The summed E-state index contributed by atoms with van der Waals surface area (Å²) in [5, 5.41) is 11.3. The minimum atomic E-state index is 0.394. The zero-order chi connectivity index (χ0) is 9.42. The molecule has 0 radical (unpaired) electrons. The maximum Gasteiger partial charge on any atom is 0.137 e. The largest absolute Gasteiger partial charge is 0.506 e. The molecule has 2 rings (SSSR count). The van der Waals surface area contributed by atoms with Crippen LogP contribution in [0.1, 0.15) is 11.8 Å². The third-order valence-electron chi connectivity index (χ3n) is 2.02. The number of rotatable bonds is 1. The molecular formula is C10H9ClOS. The van der Waals surface area contributed by atoms with Gasteiger partial charge in [0.2, 0.25) is 0 Å². The molecule has 68 valence electrons. The molecule has 0 saturated carbocycles. The molecule has 0 atom stereocenters. The first-order valence-corrected chi connectivity index (χ1v) is 5.31. The maximum atomic E-state index is 9.77. The van der Waals surface area contributed by atoms with Crippen molar-refractivity contribution in [3.63, 3.8) is 0 Å². The number of hydrogen-bond donors (Lipinski definition) is 1. The minimum Gasteiger partial charge on any atom is -0.506 e. The van der Waals surface area contributed by atoms with Crippen molar-refractivity contribution in [2.75, 3.05) is 0 Å². The van der Waals surface area contributed by atoms with Crippen LogP contribution in [-0.2, 0) is 6.42 Å². The van der Waals surface area contributed by atoms with Crippen LogP contribution in [0.5, 0.6) is 5.75 Å². The normalized spacial score (nSPS) is 10.9. The summed E-state index contributed by atoms with van der Waals surface area (Å²) >= 11 is 7.46. The van der Waals surface area contributed by atoms with E-state index in [-0.39, 0.29) is 0 Å². The molecule has 0 spiro atoms. The topological polar surface area (TPSA) is 20.2 Å². The SMILES string of the molecule is CCc1sc2ccc(Cl)cc2c1O. The van der Waals surface area contributed by atoms with Crippen LogP contribution in [0.2, 0.25) is 5.02 Å². The Labute approximate surface area is 85.6 Å². The van der Waals surface area contributed by atoms with E-state index in [0.29, 0.717) is 10.8 Å². The van der Waals surface area contributed by atoms with Crippen LogP contribution in [-0.4, -0.2) is 5.11 Å². The number of aryl methyl sites for hydroxylation is 1. The molecule has 0 aliphatic rings. The minimum absolute atomic E-state index is 0.394. The third-order valence-corrected chi connectivity index (χ3v) is 3.55. The Morgan fingerprint density at radius 3 is 2.92 bits per heavy atom. The molecule has 13 heavy (non-hydrogen) atoms. The van der Waals surface area contributed by atoms with Crippen LogP contribution in [0.4, 0.5) is 0 Å². The van der Waals surface area contributed by atoms with Gasteiger partial charge in [0.15, 0.2) is 0 Å². The van der Waals surface area contributed by atoms with Gasteiger partial charge in [-0.1, -0.05) is 18.5 Å². The summed E-state index contributed by atoms with van der Waals surface area (Å²) in [5.74, 6) is 0.394. The Hall–Kier alpha value is -0.730. The number of hydrogen-bond acceptors (Lipinski definition) is 2. The molecular weight excluding hydrogens is 204 g/mol. The number of thiophene rings is 1. The third kappa shape index (κ3) is 1.40. The van der Waals surface area contributed by atoms with Crippen molar-refractivity contribution in [2.24, 2.45) is 0 Å². The number of benzene rings is 1. The number of halogens is 1. The van der Waals surface area contributed by atoms with Crippen LogP contribution < -0.4 is 0 Å². The molecule has 0 unspecified atom stereocenters. The lowest BCUT2D eigenvalue weighted by molar-refractivity contribution is 0.478. The highest BCUT2D eigenvalue weighted by Gasteiger charge is 2.09. The Kier molecular flexibility index (Phi) is 2.18. The summed E-state index contributed by atoms with van der Waals surface area (Å²) in [6.45, 7) is 2.03. The van der Waals surface area contributed by atoms with Crippen LogP contribution in [0.3, 0.4) is 0 Å². The average molecular weight is 213 g/mol. The van der Waals surface area contributed by atoms with Crippen LogP contribution in [0, 0.1) is 0 Å². The first-order chi connectivity index (χ1) is 6.22. The van der Waals surface area contributed by atoms with E-state index in [2.05, 4.69) is 0 Å². The maximum absolute atomic E-state index is 9.77. The van der Waals surface area contributed by atoms with Crippen molar-refractivity contribution in [1.82, 2.24) is 0 Å². The molecule has 0 aliphatic heterocycles. The molecule has 1 aromatic carbocycles. The second-order valence-corrected chi connectivity index (χ2v) is 4.44. The van der Waals surface area contributed by atoms with E-state index < -0.39 is 0 Å². The first-order valence-electron chi connectivity index (χ1n) is 4.12. The van der Waals surface area contributed by atoms with E-state index in [1.165, 1.54) is 0 Å².